The van der Waals surface area contributed by atoms with Crippen molar-refractivity contribution in [2.75, 3.05) is 30.4 Å². The average molecular weight is 347 g/mol. The monoisotopic (exact) mass is 346 g/mol. The van der Waals surface area contributed by atoms with Crippen molar-refractivity contribution in [1.82, 2.24) is 9.97 Å². The van der Waals surface area contributed by atoms with Crippen LogP contribution < -0.4 is 10.2 Å². The number of nitrogens with zero attached hydrogens (tertiary/aromatic N) is 3. The molecule has 2 aromatic rings. The third-order valence-electron chi connectivity index (χ3n) is 4.10. The SMILES string of the molecule is COC(=O)c1ccc(N2CCC(Nc3ncccn3)CC2)c(Cl)c1. The second kappa shape index (κ2) is 7.49. The van der Waals surface area contributed by atoms with Crippen LogP contribution in [0, 0.1) is 0 Å². The number of esters is 1. The summed E-state index contributed by atoms with van der Waals surface area (Å²) in [6.07, 6.45) is 5.39. The highest BCUT2D eigenvalue weighted by atomic mass is 35.5. The molecule has 3 rings (SSSR count). The zero-order chi connectivity index (χ0) is 16.9. The van der Waals surface area contributed by atoms with E-state index in [4.69, 9.17) is 16.3 Å². The molecule has 7 heteroatoms. The molecular formula is C17H19ClN4O2. The quantitative estimate of drug-likeness (QED) is 0.858. The van der Waals surface area contributed by atoms with Gasteiger partial charge in [-0.05, 0) is 37.1 Å². The highest BCUT2D eigenvalue weighted by Gasteiger charge is 2.22. The van der Waals surface area contributed by atoms with Crippen LogP contribution in [-0.2, 0) is 4.74 Å². The van der Waals surface area contributed by atoms with E-state index in [2.05, 4.69) is 20.2 Å². The van der Waals surface area contributed by atoms with Crippen LogP contribution in [0.1, 0.15) is 23.2 Å². The zero-order valence-electron chi connectivity index (χ0n) is 13.4. The molecule has 0 amide bonds. The van der Waals surface area contributed by atoms with E-state index in [0.29, 0.717) is 22.6 Å². The number of nitrogens with one attached hydrogen (secondary N) is 1. The van der Waals surface area contributed by atoms with Crippen LogP contribution in [-0.4, -0.2) is 42.2 Å². The minimum atomic E-state index is -0.380. The Bertz CT molecular complexity index is 703. The number of carbonyl (C=O) groups is 1. The minimum Gasteiger partial charge on any atom is -0.465 e. The number of benzene rings is 1. The van der Waals surface area contributed by atoms with E-state index in [0.717, 1.165) is 31.6 Å². The predicted molar refractivity (Wildman–Crippen MR) is 93.7 cm³/mol. The van der Waals surface area contributed by atoms with Crippen molar-refractivity contribution in [1.29, 1.82) is 0 Å². The summed E-state index contributed by atoms with van der Waals surface area (Å²) in [5.41, 5.74) is 1.41. The van der Waals surface area contributed by atoms with Gasteiger partial charge in [-0.2, -0.15) is 0 Å². The van der Waals surface area contributed by atoms with Crippen molar-refractivity contribution >= 4 is 29.2 Å². The number of halogens is 1. The molecule has 1 fully saturated rings. The number of ether oxygens (including phenoxy) is 1. The van der Waals surface area contributed by atoms with Crippen molar-refractivity contribution in [3.8, 4) is 0 Å². The van der Waals surface area contributed by atoms with Crippen molar-refractivity contribution in [3.63, 3.8) is 0 Å². The highest BCUT2D eigenvalue weighted by Crippen LogP contribution is 2.29. The first-order chi connectivity index (χ1) is 11.7. The first-order valence-corrected chi connectivity index (χ1v) is 8.21. The average Bonchev–Trinajstić information content (AvgIpc) is 2.62. The van der Waals surface area contributed by atoms with Crippen LogP contribution in [0.4, 0.5) is 11.6 Å². The van der Waals surface area contributed by atoms with Crippen LogP contribution in [0.3, 0.4) is 0 Å². The maximum Gasteiger partial charge on any atom is 0.337 e. The van der Waals surface area contributed by atoms with Crippen LogP contribution >= 0.6 is 11.6 Å². The summed E-state index contributed by atoms with van der Waals surface area (Å²) in [5.74, 6) is 0.283. The summed E-state index contributed by atoms with van der Waals surface area (Å²) in [6, 6.07) is 7.42. The lowest BCUT2D eigenvalue weighted by Crippen LogP contribution is -2.39. The van der Waals surface area contributed by atoms with E-state index in [-0.39, 0.29) is 5.97 Å². The molecule has 0 unspecified atom stereocenters. The number of aromatic nitrogens is 2. The molecule has 0 saturated carbocycles. The zero-order valence-corrected chi connectivity index (χ0v) is 14.2. The lowest BCUT2D eigenvalue weighted by atomic mass is 10.0. The van der Waals surface area contributed by atoms with E-state index in [1.54, 1.807) is 30.6 Å². The number of rotatable bonds is 4. The van der Waals surface area contributed by atoms with Crippen molar-refractivity contribution in [2.24, 2.45) is 0 Å². The number of piperidine rings is 1. The number of methoxy groups -OCH3 is 1. The summed E-state index contributed by atoms with van der Waals surface area (Å²) in [4.78, 5) is 22.2. The van der Waals surface area contributed by atoms with Crippen LogP contribution in [0.15, 0.2) is 36.7 Å². The second-order valence-electron chi connectivity index (χ2n) is 5.64. The molecule has 0 aliphatic carbocycles. The Kier molecular flexibility index (Phi) is 5.15. The fraction of sp³-hybridized carbons (Fsp3) is 0.353. The molecule has 6 nitrogen and oxygen atoms in total. The van der Waals surface area contributed by atoms with Gasteiger partial charge in [-0.3, -0.25) is 0 Å². The largest absolute Gasteiger partial charge is 0.465 e. The van der Waals surface area contributed by atoms with Gasteiger partial charge in [0, 0.05) is 31.5 Å². The minimum absolute atomic E-state index is 0.344. The van der Waals surface area contributed by atoms with Gasteiger partial charge in [0.2, 0.25) is 5.95 Å². The Morgan fingerprint density at radius 3 is 2.62 bits per heavy atom. The van der Waals surface area contributed by atoms with Crippen molar-refractivity contribution in [2.45, 2.75) is 18.9 Å². The van der Waals surface area contributed by atoms with Gasteiger partial charge < -0.3 is 15.0 Å². The molecule has 1 aromatic heterocycles. The van der Waals surface area contributed by atoms with Crippen LogP contribution in [0.5, 0.6) is 0 Å². The normalized spacial score (nSPS) is 15.2. The molecule has 1 aromatic carbocycles. The fourth-order valence-electron chi connectivity index (χ4n) is 2.83. The molecule has 24 heavy (non-hydrogen) atoms. The van der Waals surface area contributed by atoms with E-state index in [1.807, 2.05) is 6.07 Å². The smallest absolute Gasteiger partial charge is 0.337 e. The molecule has 0 bridgehead atoms. The van der Waals surface area contributed by atoms with Gasteiger partial charge in [0.25, 0.3) is 0 Å². The molecule has 126 valence electrons. The highest BCUT2D eigenvalue weighted by molar-refractivity contribution is 6.33. The number of hydrogen-bond donors (Lipinski definition) is 1. The van der Waals surface area contributed by atoms with E-state index in [9.17, 15) is 4.79 Å². The molecular weight excluding hydrogens is 328 g/mol. The Morgan fingerprint density at radius 1 is 1.29 bits per heavy atom. The second-order valence-corrected chi connectivity index (χ2v) is 6.04. The standard InChI is InChI=1S/C17H19ClN4O2/c1-24-16(23)12-3-4-15(14(18)11-12)22-9-5-13(6-10-22)21-17-19-7-2-8-20-17/h2-4,7-8,11,13H,5-6,9-10H2,1H3,(H,19,20,21). The van der Waals surface area contributed by atoms with E-state index >= 15 is 0 Å². The Balaban J connectivity index is 1.61. The molecule has 1 N–H and O–H groups in total. The number of carbonyl (C=O) groups excluding carboxylic acids is 1. The maximum absolute atomic E-state index is 11.6. The summed E-state index contributed by atoms with van der Waals surface area (Å²) < 4.78 is 4.72. The Morgan fingerprint density at radius 2 is 2.00 bits per heavy atom. The van der Waals surface area contributed by atoms with E-state index in [1.165, 1.54) is 7.11 Å². The topological polar surface area (TPSA) is 67.3 Å². The van der Waals surface area contributed by atoms with Gasteiger partial charge >= 0.3 is 5.97 Å². The maximum atomic E-state index is 11.6. The Labute approximate surface area is 145 Å². The first-order valence-electron chi connectivity index (χ1n) is 7.84. The van der Waals surface area contributed by atoms with Gasteiger partial charge in [0.15, 0.2) is 0 Å². The van der Waals surface area contributed by atoms with Gasteiger partial charge in [-0.1, -0.05) is 11.6 Å². The van der Waals surface area contributed by atoms with E-state index < -0.39 is 0 Å². The first kappa shape index (κ1) is 16.5. The lowest BCUT2D eigenvalue weighted by Gasteiger charge is -2.34. The predicted octanol–water partition coefficient (Wildman–Crippen LogP) is 3.00. The van der Waals surface area contributed by atoms with Crippen molar-refractivity contribution < 1.29 is 9.53 Å². The number of hydrogen-bond acceptors (Lipinski definition) is 6. The number of anilines is 2. The summed E-state index contributed by atoms with van der Waals surface area (Å²) in [6.45, 7) is 1.75. The fourth-order valence-corrected chi connectivity index (χ4v) is 3.13. The lowest BCUT2D eigenvalue weighted by molar-refractivity contribution is 0.0601. The Hall–Kier alpha value is -2.34. The third-order valence-corrected chi connectivity index (χ3v) is 4.41. The molecule has 1 aliphatic heterocycles. The van der Waals surface area contributed by atoms with Gasteiger partial charge in [0.05, 0.1) is 23.4 Å². The molecule has 0 atom stereocenters. The van der Waals surface area contributed by atoms with Gasteiger partial charge in [-0.25, -0.2) is 14.8 Å². The molecule has 1 saturated heterocycles. The molecule has 2 heterocycles. The van der Waals surface area contributed by atoms with Crippen LogP contribution in [0.25, 0.3) is 0 Å². The molecule has 0 spiro atoms. The third kappa shape index (κ3) is 3.76. The van der Waals surface area contributed by atoms with Crippen molar-refractivity contribution in [3.05, 3.63) is 47.2 Å². The molecule has 1 aliphatic rings. The van der Waals surface area contributed by atoms with Crippen LogP contribution in [0.2, 0.25) is 5.02 Å². The van der Waals surface area contributed by atoms with Gasteiger partial charge in [0.1, 0.15) is 0 Å². The summed E-state index contributed by atoms with van der Waals surface area (Å²) >= 11 is 6.34. The summed E-state index contributed by atoms with van der Waals surface area (Å²) in [7, 11) is 1.36. The molecule has 0 radical (unpaired) electrons. The van der Waals surface area contributed by atoms with Gasteiger partial charge in [-0.15, -0.1) is 0 Å². The summed E-state index contributed by atoms with van der Waals surface area (Å²) in [5, 5.41) is 3.92.